The number of thioether (sulfide) groups is 1. The van der Waals surface area contributed by atoms with Crippen molar-refractivity contribution < 1.29 is 29.0 Å². The van der Waals surface area contributed by atoms with E-state index in [0.29, 0.717) is 12.8 Å². The van der Waals surface area contributed by atoms with E-state index in [0.717, 1.165) is 23.8 Å². The monoisotopic (exact) mass is 606 g/mol. The van der Waals surface area contributed by atoms with Crippen LogP contribution in [0.25, 0.3) is 0 Å². The van der Waals surface area contributed by atoms with E-state index >= 15 is 0 Å². The Bertz CT molecular complexity index is 1240. The molecule has 1 N–H and O–H groups in total. The molecule has 0 unspecified atom stereocenters. The van der Waals surface area contributed by atoms with Gasteiger partial charge in [0.1, 0.15) is 12.4 Å². The van der Waals surface area contributed by atoms with Crippen LogP contribution in [0, 0.1) is 34.0 Å². The Kier molecular flexibility index (Phi) is 10.3. The Morgan fingerprint density at radius 3 is 2.14 bits per heavy atom. The van der Waals surface area contributed by atoms with Gasteiger partial charge < -0.3 is 19.4 Å². The molecule has 2 aliphatic carbocycles. The number of carbonyl (C=O) groups is 3. The zero-order chi connectivity index (χ0) is 31.4. The number of hydrogen-bond acceptors (Lipinski definition) is 7. The molecule has 0 saturated heterocycles. The molecule has 2 bridgehead atoms. The molecule has 0 aromatic heterocycles. The lowest BCUT2D eigenvalue weighted by Crippen LogP contribution is -2.63. The quantitative estimate of drug-likeness (QED) is 0.180. The van der Waals surface area contributed by atoms with Gasteiger partial charge in [0.05, 0.1) is 17.1 Å². The number of aliphatic hydroxyl groups is 1. The fourth-order valence-electron chi connectivity index (χ4n) is 7.62. The van der Waals surface area contributed by atoms with E-state index in [4.69, 9.17) is 9.47 Å². The third kappa shape index (κ3) is 6.48. The third-order valence-electron chi connectivity index (χ3n) is 10.8. The number of ether oxygens (including phenoxy) is 2. The van der Waals surface area contributed by atoms with Gasteiger partial charge in [0.15, 0.2) is 6.61 Å². The Morgan fingerprint density at radius 2 is 1.60 bits per heavy atom. The number of hydrogen-bond donors (Lipinski definition) is 1. The highest BCUT2D eigenvalue weighted by Crippen LogP contribution is 2.63. The van der Waals surface area contributed by atoms with Gasteiger partial charge in [0.25, 0.3) is 0 Å². The van der Waals surface area contributed by atoms with Gasteiger partial charge in [-0.25, -0.2) is 4.79 Å². The van der Waals surface area contributed by atoms with E-state index in [-0.39, 0.29) is 22.8 Å². The summed E-state index contributed by atoms with van der Waals surface area (Å²) in [5.74, 6) is -1.51. The van der Waals surface area contributed by atoms with Crippen LogP contribution in [-0.2, 0) is 23.9 Å². The second-order valence-corrected chi connectivity index (χ2v) is 14.3. The van der Waals surface area contributed by atoms with E-state index < -0.39 is 52.9 Å². The van der Waals surface area contributed by atoms with Crippen molar-refractivity contribution in [2.45, 2.75) is 71.3 Å². The molecule has 4 rings (SSSR count). The maximum absolute atomic E-state index is 13.2. The largest absolute Gasteiger partial charge is 0.459 e. The molecule has 6 nitrogen and oxygen atoms in total. The molecular weight excluding hydrogens is 560 g/mol. The molecule has 0 spiro atoms. The van der Waals surface area contributed by atoms with Crippen LogP contribution in [0.15, 0.2) is 73.3 Å². The number of aliphatic hydroxyl groups excluding tert-OH is 1. The predicted octanol–water partition coefficient (Wildman–Crippen LogP) is 6.81. The number of esters is 2. The summed E-state index contributed by atoms with van der Waals surface area (Å²) in [6.45, 7) is 13.7. The molecule has 2 aromatic carbocycles. The summed E-state index contributed by atoms with van der Waals surface area (Å²) in [6, 6.07) is 19.9. The standard InChI is InChI=1S/C36H46O6S/c1-7-34(4)20-29(35(5)19-18-24(2)36(6,28(35)21-37)25(3)33(34)40)42-30(38)22-41-31(39)23-43-32(26-14-10-8-11-15-26)27-16-12-9-13-17-27/h7-17,21,24-25,28-29,32-33,40H,1,18-20,22-23H2,2-6H3/t24-,25+,28+,29-,33+,34-,35-,36+/m1/s1. The van der Waals surface area contributed by atoms with Crippen molar-refractivity contribution in [3.8, 4) is 0 Å². The fourth-order valence-corrected chi connectivity index (χ4v) is 8.70. The van der Waals surface area contributed by atoms with Crippen molar-refractivity contribution in [3.63, 3.8) is 0 Å². The Morgan fingerprint density at radius 1 is 1.02 bits per heavy atom. The summed E-state index contributed by atoms with van der Waals surface area (Å²) in [6.07, 6.45) is 3.18. The second-order valence-electron chi connectivity index (χ2n) is 13.2. The Balaban J connectivity index is 1.46. The summed E-state index contributed by atoms with van der Waals surface area (Å²) >= 11 is 1.44. The Labute approximate surface area is 260 Å². The zero-order valence-corrected chi connectivity index (χ0v) is 26.8. The summed E-state index contributed by atoms with van der Waals surface area (Å²) in [7, 11) is 0. The first-order valence-electron chi connectivity index (χ1n) is 15.2. The lowest BCUT2D eigenvalue weighted by atomic mass is 9.43. The lowest BCUT2D eigenvalue weighted by molar-refractivity contribution is -0.206. The maximum Gasteiger partial charge on any atom is 0.344 e. The van der Waals surface area contributed by atoms with Crippen molar-refractivity contribution in [2.24, 2.45) is 34.0 Å². The summed E-state index contributed by atoms with van der Waals surface area (Å²) in [5, 5.41) is 11.5. The minimum atomic E-state index is -0.777. The van der Waals surface area contributed by atoms with E-state index in [1.807, 2.05) is 81.4 Å². The maximum atomic E-state index is 13.2. The van der Waals surface area contributed by atoms with Gasteiger partial charge in [-0.1, -0.05) is 101 Å². The van der Waals surface area contributed by atoms with Crippen molar-refractivity contribution in [1.82, 2.24) is 0 Å². The van der Waals surface area contributed by atoms with E-state index in [1.165, 1.54) is 11.8 Å². The molecule has 43 heavy (non-hydrogen) atoms. The molecule has 8 atom stereocenters. The van der Waals surface area contributed by atoms with Crippen molar-refractivity contribution >= 4 is 30.0 Å². The van der Waals surface area contributed by atoms with Crippen LogP contribution in [0.4, 0.5) is 0 Å². The highest BCUT2D eigenvalue weighted by atomic mass is 32.2. The van der Waals surface area contributed by atoms with Gasteiger partial charge in [0.2, 0.25) is 0 Å². The predicted molar refractivity (Wildman–Crippen MR) is 170 cm³/mol. The summed E-state index contributed by atoms with van der Waals surface area (Å²) in [5.41, 5.74) is 0.263. The van der Waals surface area contributed by atoms with Crippen LogP contribution >= 0.6 is 11.8 Å². The van der Waals surface area contributed by atoms with Crippen LogP contribution in [0.5, 0.6) is 0 Å². The van der Waals surface area contributed by atoms with Crippen LogP contribution in [0.3, 0.4) is 0 Å². The molecule has 0 heterocycles. The van der Waals surface area contributed by atoms with Crippen molar-refractivity contribution in [1.29, 1.82) is 0 Å². The smallest absolute Gasteiger partial charge is 0.344 e. The molecular formula is C36H46O6S. The zero-order valence-electron chi connectivity index (χ0n) is 26.0. The first kappa shape index (κ1) is 33.0. The van der Waals surface area contributed by atoms with Crippen LogP contribution in [0.2, 0.25) is 0 Å². The average Bonchev–Trinajstić information content (AvgIpc) is 3.01. The van der Waals surface area contributed by atoms with E-state index in [1.54, 1.807) is 6.08 Å². The third-order valence-corrected chi connectivity index (χ3v) is 12.1. The molecule has 0 aliphatic heterocycles. The van der Waals surface area contributed by atoms with Crippen molar-refractivity contribution in [3.05, 3.63) is 84.4 Å². The van der Waals surface area contributed by atoms with E-state index in [2.05, 4.69) is 20.4 Å². The topological polar surface area (TPSA) is 89.9 Å². The number of carbonyl (C=O) groups excluding carboxylic acids is 3. The second kappa shape index (κ2) is 13.4. The summed E-state index contributed by atoms with van der Waals surface area (Å²) in [4.78, 5) is 38.7. The normalized spacial score (nSPS) is 34.0. The van der Waals surface area contributed by atoms with Gasteiger partial charge in [-0.2, -0.15) is 0 Å². The van der Waals surface area contributed by atoms with Crippen molar-refractivity contribution in [2.75, 3.05) is 12.4 Å². The van der Waals surface area contributed by atoms with Gasteiger partial charge >= 0.3 is 11.9 Å². The van der Waals surface area contributed by atoms with Crippen LogP contribution < -0.4 is 0 Å². The first-order valence-corrected chi connectivity index (χ1v) is 16.3. The molecule has 2 saturated carbocycles. The molecule has 0 amide bonds. The van der Waals surface area contributed by atoms with E-state index in [9.17, 15) is 19.5 Å². The lowest BCUT2D eigenvalue weighted by Gasteiger charge is -2.62. The Hall–Kier alpha value is -2.90. The minimum absolute atomic E-state index is 0.0605. The highest BCUT2D eigenvalue weighted by molar-refractivity contribution is 8.00. The molecule has 2 fully saturated rings. The molecule has 232 valence electrons. The van der Waals surface area contributed by atoms with Gasteiger partial charge in [0, 0.05) is 16.7 Å². The molecule has 7 heteroatoms. The minimum Gasteiger partial charge on any atom is -0.459 e. The SMILES string of the molecule is C=C[C@]1(C)C[C@@H](OC(=O)COC(=O)CSC(c2ccccc2)c2ccccc2)[C@]2(C)CC[C@@H](C)[C@@](C)([C@@H](C)[C@@H]1O)[C@H]2C=O. The molecule has 0 radical (unpaired) electrons. The van der Waals surface area contributed by atoms with Gasteiger partial charge in [-0.05, 0) is 47.6 Å². The van der Waals surface area contributed by atoms with Crippen LogP contribution in [0.1, 0.15) is 70.3 Å². The fraction of sp³-hybridized carbons (Fsp3) is 0.528. The first-order chi connectivity index (χ1) is 20.4. The summed E-state index contributed by atoms with van der Waals surface area (Å²) < 4.78 is 11.5. The molecule has 2 aromatic rings. The highest BCUT2D eigenvalue weighted by Gasteiger charge is 2.63. The number of fused-ring (bicyclic) bond motifs is 2. The van der Waals surface area contributed by atoms with Gasteiger partial charge in [-0.15, -0.1) is 18.3 Å². The van der Waals surface area contributed by atoms with Crippen LogP contribution in [-0.4, -0.2) is 47.9 Å². The number of aldehydes is 1. The average molecular weight is 607 g/mol. The number of benzene rings is 2. The number of rotatable bonds is 10. The van der Waals surface area contributed by atoms with Gasteiger partial charge in [-0.3, -0.25) is 4.79 Å². The molecule has 2 aliphatic rings.